The van der Waals surface area contributed by atoms with E-state index in [9.17, 15) is 10.1 Å². The molecule has 0 aliphatic carbocycles. The highest BCUT2D eigenvalue weighted by atomic mass is 16.6. The van der Waals surface area contributed by atoms with Crippen LogP contribution in [0.4, 0.5) is 11.4 Å². The lowest BCUT2D eigenvalue weighted by Crippen LogP contribution is -2.30. The molecule has 106 valence electrons. The van der Waals surface area contributed by atoms with Crippen molar-refractivity contribution < 1.29 is 4.92 Å². The highest BCUT2D eigenvalue weighted by Gasteiger charge is 2.22. The molecule has 1 aromatic carbocycles. The van der Waals surface area contributed by atoms with Gasteiger partial charge in [0.25, 0.3) is 5.69 Å². The third-order valence-corrected chi connectivity index (χ3v) is 3.62. The van der Waals surface area contributed by atoms with Gasteiger partial charge in [0.05, 0.1) is 4.92 Å². The normalized spacial score (nSPS) is 13.2. The molecule has 2 aromatic rings. The number of aromatic nitrogens is 1. The minimum absolute atomic E-state index is 0.0366. The molecule has 0 saturated heterocycles. The first kappa shape index (κ1) is 14.2. The van der Waals surface area contributed by atoms with E-state index < -0.39 is 4.92 Å². The number of nitro groups is 1. The summed E-state index contributed by atoms with van der Waals surface area (Å²) in [5.41, 5.74) is 1.43. The maximum Gasteiger partial charge on any atom is 0.295 e. The zero-order valence-electron chi connectivity index (χ0n) is 12.2. The Morgan fingerprint density at radius 2 is 2.00 bits per heavy atom. The summed E-state index contributed by atoms with van der Waals surface area (Å²) in [6.07, 6.45) is 1.58. The maximum absolute atomic E-state index is 11.1. The number of pyridine rings is 1. The molecule has 0 bridgehead atoms. The largest absolute Gasteiger partial charge is 0.382 e. The first-order valence-electron chi connectivity index (χ1n) is 6.59. The SMILES string of the molecule is CC(Nc1ccc([N+](=O)[O-])c2ncccc12)C(C)(C)C. The van der Waals surface area contributed by atoms with Gasteiger partial charge in [-0.1, -0.05) is 20.8 Å². The van der Waals surface area contributed by atoms with Crippen LogP contribution in [0.5, 0.6) is 0 Å². The Kier molecular flexibility index (Phi) is 3.61. The highest BCUT2D eigenvalue weighted by Crippen LogP contribution is 2.32. The number of benzene rings is 1. The van der Waals surface area contributed by atoms with Gasteiger partial charge in [-0.25, -0.2) is 4.98 Å². The summed E-state index contributed by atoms with van der Waals surface area (Å²) >= 11 is 0. The molecule has 5 heteroatoms. The van der Waals surface area contributed by atoms with Crippen LogP contribution in [0, 0.1) is 15.5 Å². The van der Waals surface area contributed by atoms with Crippen molar-refractivity contribution in [3.8, 4) is 0 Å². The second-order valence-electron chi connectivity index (χ2n) is 6.02. The van der Waals surface area contributed by atoms with Gasteiger partial charge in [0.1, 0.15) is 5.52 Å². The van der Waals surface area contributed by atoms with Crippen LogP contribution in [0.2, 0.25) is 0 Å². The standard InChI is InChI=1S/C15H19N3O2/c1-10(15(2,3)4)17-12-7-8-13(18(19)20)14-11(12)6-5-9-16-14/h5-10,17H,1-4H3. The van der Waals surface area contributed by atoms with Gasteiger partial charge < -0.3 is 5.32 Å². The van der Waals surface area contributed by atoms with Crippen LogP contribution < -0.4 is 5.32 Å². The van der Waals surface area contributed by atoms with Crippen LogP contribution in [0.3, 0.4) is 0 Å². The smallest absolute Gasteiger partial charge is 0.295 e. The first-order valence-corrected chi connectivity index (χ1v) is 6.59. The summed E-state index contributed by atoms with van der Waals surface area (Å²) in [5, 5.41) is 15.3. The number of nitro benzene ring substituents is 1. The molecule has 0 aliphatic heterocycles. The van der Waals surface area contributed by atoms with Crippen molar-refractivity contribution in [1.29, 1.82) is 0 Å². The molecule has 1 aromatic heterocycles. The molecule has 1 atom stereocenters. The van der Waals surface area contributed by atoms with Crippen LogP contribution >= 0.6 is 0 Å². The topological polar surface area (TPSA) is 68.1 Å². The monoisotopic (exact) mass is 273 g/mol. The fourth-order valence-corrected chi connectivity index (χ4v) is 1.88. The molecule has 0 fully saturated rings. The average Bonchev–Trinajstić information content (AvgIpc) is 2.37. The number of hydrogen-bond acceptors (Lipinski definition) is 4. The third-order valence-electron chi connectivity index (χ3n) is 3.62. The lowest BCUT2D eigenvalue weighted by molar-refractivity contribution is -0.383. The van der Waals surface area contributed by atoms with Gasteiger partial charge in [-0.2, -0.15) is 0 Å². The van der Waals surface area contributed by atoms with E-state index >= 15 is 0 Å². The highest BCUT2D eigenvalue weighted by molar-refractivity contribution is 5.97. The molecular weight excluding hydrogens is 254 g/mol. The summed E-state index contributed by atoms with van der Waals surface area (Å²) < 4.78 is 0. The van der Waals surface area contributed by atoms with Crippen LogP contribution in [0.25, 0.3) is 10.9 Å². The number of hydrogen-bond donors (Lipinski definition) is 1. The Balaban J connectivity index is 2.51. The lowest BCUT2D eigenvalue weighted by Gasteiger charge is -2.29. The Bertz CT molecular complexity index is 647. The zero-order chi connectivity index (χ0) is 14.9. The number of non-ortho nitro benzene ring substituents is 1. The number of anilines is 1. The van der Waals surface area contributed by atoms with Crippen molar-refractivity contribution in [1.82, 2.24) is 4.98 Å². The van der Waals surface area contributed by atoms with E-state index in [1.165, 1.54) is 6.07 Å². The van der Waals surface area contributed by atoms with Crippen LogP contribution in [-0.4, -0.2) is 15.9 Å². The predicted octanol–water partition coefficient (Wildman–Crippen LogP) is 3.99. The predicted molar refractivity (Wildman–Crippen MR) is 80.9 cm³/mol. The van der Waals surface area contributed by atoms with E-state index in [2.05, 4.69) is 38.0 Å². The average molecular weight is 273 g/mol. The van der Waals surface area contributed by atoms with Gasteiger partial charge >= 0.3 is 0 Å². The van der Waals surface area contributed by atoms with Crippen molar-refractivity contribution in [3.05, 3.63) is 40.6 Å². The molecular formula is C15H19N3O2. The summed E-state index contributed by atoms with van der Waals surface area (Å²) in [5.74, 6) is 0. The van der Waals surface area contributed by atoms with Crippen LogP contribution in [-0.2, 0) is 0 Å². The van der Waals surface area contributed by atoms with E-state index in [1.807, 2.05) is 6.07 Å². The zero-order valence-corrected chi connectivity index (χ0v) is 12.2. The Labute approximate surface area is 118 Å². The number of rotatable bonds is 3. The van der Waals surface area contributed by atoms with Crippen molar-refractivity contribution in [2.75, 3.05) is 5.32 Å². The van der Waals surface area contributed by atoms with Gasteiger partial charge in [-0.05, 0) is 30.5 Å². The molecule has 0 radical (unpaired) electrons. The molecule has 0 amide bonds. The Hall–Kier alpha value is -2.17. The van der Waals surface area contributed by atoms with E-state index in [4.69, 9.17) is 0 Å². The lowest BCUT2D eigenvalue weighted by atomic mass is 9.88. The summed E-state index contributed by atoms with van der Waals surface area (Å²) in [6.45, 7) is 8.55. The van der Waals surface area contributed by atoms with E-state index in [0.717, 1.165) is 11.1 Å². The van der Waals surface area contributed by atoms with Crippen molar-refractivity contribution >= 4 is 22.3 Å². The molecule has 2 rings (SSSR count). The molecule has 1 unspecified atom stereocenters. The van der Waals surface area contributed by atoms with Crippen LogP contribution in [0.15, 0.2) is 30.5 Å². The minimum atomic E-state index is -0.397. The van der Waals surface area contributed by atoms with Gasteiger partial charge in [-0.3, -0.25) is 10.1 Å². The number of nitrogens with zero attached hydrogens (tertiary/aromatic N) is 2. The second kappa shape index (κ2) is 5.07. The molecule has 0 saturated carbocycles. The molecule has 1 N–H and O–H groups in total. The quantitative estimate of drug-likeness (QED) is 0.678. The van der Waals surface area contributed by atoms with Crippen molar-refractivity contribution in [2.45, 2.75) is 33.7 Å². The van der Waals surface area contributed by atoms with Crippen molar-refractivity contribution in [3.63, 3.8) is 0 Å². The maximum atomic E-state index is 11.1. The summed E-state index contributed by atoms with van der Waals surface area (Å²) in [6, 6.07) is 7.14. The minimum Gasteiger partial charge on any atom is -0.382 e. The first-order chi connectivity index (χ1) is 9.30. The van der Waals surface area contributed by atoms with Gasteiger partial charge in [0.15, 0.2) is 0 Å². The van der Waals surface area contributed by atoms with E-state index in [-0.39, 0.29) is 17.1 Å². The summed E-state index contributed by atoms with van der Waals surface area (Å²) in [7, 11) is 0. The van der Waals surface area contributed by atoms with Gasteiger partial charge in [0, 0.05) is 29.4 Å². The summed E-state index contributed by atoms with van der Waals surface area (Å²) in [4.78, 5) is 14.8. The fourth-order valence-electron chi connectivity index (χ4n) is 1.88. The van der Waals surface area contributed by atoms with Gasteiger partial charge in [0.2, 0.25) is 0 Å². The second-order valence-corrected chi connectivity index (χ2v) is 6.02. The van der Waals surface area contributed by atoms with Crippen molar-refractivity contribution in [2.24, 2.45) is 5.41 Å². The van der Waals surface area contributed by atoms with Crippen LogP contribution in [0.1, 0.15) is 27.7 Å². The number of fused-ring (bicyclic) bond motifs is 1. The molecule has 1 heterocycles. The molecule has 20 heavy (non-hydrogen) atoms. The molecule has 5 nitrogen and oxygen atoms in total. The van der Waals surface area contributed by atoms with E-state index in [1.54, 1.807) is 18.3 Å². The Morgan fingerprint density at radius 1 is 1.30 bits per heavy atom. The molecule has 0 spiro atoms. The van der Waals surface area contributed by atoms with Gasteiger partial charge in [-0.15, -0.1) is 0 Å². The molecule has 0 aliphatic rings. The number of nitrogens with one attached hydrogen (secondary N) is 1. The third kappa shape index (κ3) is 2.71. The Morgan fingerprint density at radius 3 is 2.60 bits per heavy atom. The van der Waals surface area contributed by atoms with E-state index in [0.29, 0.717) is 5.52 Å². The fraction of sp³-hybridized carbons (Fsp3) is 0.400.